The quantitative estimate of drug-likeness (QED) is 0.591. The molecular weight excluding hydrogens is 452 g/mol. The maximum absolute atomic E-state index is 14.6. The SMILES string of the molecule is O=C(O)N1CCC(Oc2cc(Nc3cc(F)c(OCCN4CCOCC4)cc3F)ncn2)CC1. The van der Waals surface area contributed by atoms with Crippen molar-refractivity contribution in [2.45, 2.75) is 18.9 Å². The van der Waals surface area contributed by atoms with Gasteiger partial charge in [0.15, 0.2) is 17.4 Å². The Morgan fingerprint density at radius 3 is 2.62 bits per heavy atom. The number of likely N-dealkylation sites (tertiary alicyclic amines) is 1. The van der Waals surface area contributed by atoms with Crippen molar-refractivity contribution >= 4 is 17.6 Å². The number of carbonyl (C=O) groups is 1. The summed E-state index contributed by atoms with van der Waals surface area (Å²) >= 11 is 0. The Bertz CT molecular complexity index is 984. The normalized spacial score (nSPS) is 17.4. The summed E-state index contributed by atoms with van der Waals surface area (Å²) in [5.41, 5.74) is -0.0996. The standard InChI is InChI=1S/C22H27F2N5O5/c23-16-12-19(33-10-7-28-5-8-32-9-6-28)17(24)11-18(16)27-20-13-21(26-14-25-20)34-15-1-3-29(4-2-15)22(30)31/h11-15H,1-10H2,(H,30,31)(H,25,26,27). The molecule has 2 N–H and O–H groups in total. The van der Waals surface area contributed by atoms with Crippen molar-refractivity contribution in [3.05, 3.63) is 36.2 Å². The van der Waals surface area contributed by atoms with E-state index in [1.54, 1.807) is 0 Å². The van der Waals surface area contributed by atoms with Crippen molar-refractivity contribution in [1.29, 1.82) is 0 Å². The lowest BCUT2D eigenvalue weighted by Crippen LogP contribution is -2.41. The van der Waals surface area contributed by atoms with Crippen molar-refractivity contribution in [1.82, 2.24) is 19.8 Å². The van der Waals surface area contributed by atoms with Crippen LogP contribution >= 0.6 is 0 Å². The number of rotatable bonds is 8. The van der Waals surface area contributed by atoms with E-state index in [4.69, 9.17) is 19.3 Å². The number of ether oxygens (including phenoxy) is 3. The Kier molecular flexibility index (Phi) is 7.91. The zero-order chi connectivity index (χ0) is 23.9. The highest BCUT2D eigenvalue weighted by Gasteiger charge is 2.24. The molecule has 12 heteroatoms. The number of morpholine rings is 1. The van der Waals surface area contributed by atoms with Crippen molar-refractivity contribution in [3.8, 4) is 11.6 Å². The smallest absolute Gasteiger partial charge is 0.407 e. The van der Waals surface area contributed by atoms with Gasteiger partial charge in [0.1, 0.15) is 24.9 Å². The fraction of sp³-hybridized carbons (Fsp3) is 0.500. The Balaban J connectivity index is 1.32. The van der Waals surface area contributed by atoms with Gasteiger partial charge in [-0.25, -0.2) is 23.5 Å². The van der Waals surface area contributed by atoms with E-state index in [1.807, 2.05) is 0 Å². The zero-order valence-electron chi connectivity index (χ0n) is 18.6. The lowest BCUT2D eigenvalue weighted by atomic mass is 10.1. The molecule has 1 amide bonds. The molecular formula is C22H27F2N5O5. The number of hydrogen-bond acceptors (Lipinski definition) is 8. The maximum Gasteiger partial charge on any atom is 0.407 e. The first kappa shape index (κ1) is 23.9. The molecule has 0 atom stereocenters. The number of hydrogen-bond donors (Lipinski definition) is 2. The van der Waals surface area contributed by atoms with Gasteiger partial charge in [-0.05, 0) is 0 Å². The van der Waals surface area contributed by atoms with Crippen LogP contribution in [0.3, 0.4) is 0 Å². The Hall–Kier alpha value is -3.25. The van der Waals surface area contributed by atoms with Gasteiger partial charge >= 0.3 is 6.09 Å². The van der Waals surface area contributed by atoms with Crippen LogP contribution in [0.5, 0.6) is 11.6 Å². The second kappa shape index (κ2) is 11.3. The second-order valence-corrected chi connectivity index (χ2v) is 8.02. The molecule has 2 aliphatic rings. The molecule has 1 aromatic heterocycles. The van der Waals surface area contributed by atoms with Crippen LogP contribution in [0.25, 0.3) is 0 Å². The summed E-state index contributed by atoms with van der Waals surface area (Å²) in [6.45, 7) is 4.48. The van der Waals surface area contributed by atoms with Gasteiger partial charge in [-0.1, -0.05) is 0 Å². The number of nitrogens with one attached hydrogen (secondary N) is 1. The van der Waals surface area contributed by atoms with E-state index in [2.05, 4.69) is 20.2 Å². The second-order valence-electron chi connectivity index (χ2n) is 8.02. The highest BCUT2D eigenvalue weighted by molar-refractivity contribution is 5.65. The van der Waals surface area contributed by atoms with Gasteiger partial charge in [-0.2, -0.15) is 0 Å². The molecule has 0 unspecified atom stereocenters. The van der Waals surface area contributed by atoms with Crippen molar-refractivity contribution in [2.75, 3.05) is 57.9 Å². The van der Waals surface area contributed by atoms with E-state index in [-0.39, 0.29) is 35.8 Å². The van der Waals surface area contributed by atoms with Crippen molar-refractivity contribution in [3.63, 3.8) is 0 Å². The van der Waals surface area contributed by atoms with E-state index in [9.17, 15) is 13.6 Å². The topological polar surface area (TPSA) is 109 Å². The molecule has 2 fully saturated rings. The largest absolute Gasteiger partial charge is 0.489 e. The fourth-order valence-electron chi connectivity index (χ4n) is 3.79. The third-order valence-electron chi connectivity index (χ3n) is 5.69. The number of nitrogens with zero attached hydrogens (tertiary/aromatic N) is 4. The van der Waals surface area contributed by atoms with Crippen LogP contribution in [0.15, 0.2) is 24.5 Å². The molecule has 2 aliphatic heterocycles. The van der Waals surface area contributed by atoms with E-state index < -0.39 is 17.7 Å². The van der Waals surface area contributed by atoms with Gasteiger partial charge in [0.05, 0.1) is 18.9 Å². The van der Waals surface area contributed by atoms with Crippen LogP contribution in [-0.2, 0) is 4.74 Å². The fourth-order valence-corrected chi connectivity index (χ4v) is 3.79. The molecule has 34 heavy (non-hydrogen) atoms. The zero-order valence-corrected chi connectivity index (χ0v) is 18.6. The molecule has 3 heterocycles. The number of aromatic nitrogens is 2. The number of piperidine rings is 1. The molecule has 0 aliphatic carbocycles. The van der Waals surface area contributed by atoms with E-state index >= 15 is 0 Å². The first-order valence-electron chi connectivity index (χ1n) is 11.1. The summed E-state index contributed by atoms with van der Waals surface area (Å²) in [5.74, 6) is -1.05. The summed E-state index contributed by atoms with van der Waals surface area (Å²) in [6.07, 6.45) is 1.18. The Morgan fingerprint density at radius 1 is 1.12 bits per heavy atom. The lowest BCUT2D eigenvalue weighted by molar-refractivity contribution is 0.0320. The predicted molar refractivity (Wildman–Crippen MR) is 118 cm³/mol. The molecule has 0 bridgehead atoms. The molecule has 1 aromatic carbocycles. The molecule has 184 valence electrons. The third kappa shape index (κ3) is 6.41. The van der Waals surface area contributed by atoms with Gasteiger partial charge in [-0.3, -0.25) is 4.90 Å². The summed E-state index contributed by atoms with van der Waals surface area (Å²) in [5, 5.41) is 11.8. The Labute approximate surface area is 195 Å². The first-order valence-corrected chi connectivity index (χ1v) is 11.1. The number of anilines is 2. The highest BCUT2D eigenvalue weighted by Crippen LogP contribution is 2.28. The van der Waals surface area contributed by atoms with E-state index in [1.165, 1.54) is 17.3 Å². The van der Waals surface area contributed by atoms with Gasteiger partial charge in [0.25, 0.3) is 0 Å². The highest BCUT2D eigenvalue weighted by atomic mass is 19.1. The minimum Gasteiger partial charge on any atom is -0.489 e. The number of benzene rings is 1. The number of carboxylic acid groups (broad SMARTS) is 1. The van der Waals surface area contributed by atoms with Gasteiger partial charge in [-0.15, -0.1) is 0 Å². The van der Waals surface area contributed by atoms with Crippen LogP contribution in [0.2, 0.25) is 0 Å². The average Bonchev–Trinajstić information content (AvgIpc) is 2.83. The lowest BCUT2D eigenvalue weighted by Gasteiger charge is -2.29. The molecule has 0 saturated carbocycles. The van der Waals surface area contributed by atoms with Crippen LogP contribution in [-0.4, -0.2) is 89.6 Å². The van der Waals surface area contributed by atoms with Gasteiger partial charge < -0.3 is 29.5 Å². The molecule has 0 spiro atoms. The van der Waals surface area contributed by atoms with Crippen molar-refractivity contribution < 1.29 is 32.9 Å². The number of amides is 1. The monoisotopic (exact) mass is 479 g/mol. The van der Waals surface area contributed by atoms with Gasteiger partial charge in [0, 0.05) is 63.8 Å². The molecule has 4 rings (SSSR count). The average molecular weight is 479 g/mol. The van der Waals surface area contributed by atoms with E-state index in [0.717, 1.165) is 25.2 Å². The predicted octanol–water partition coefficient (Wildman–Crippen LogP) is 2.73. The van der Waals surface area contributed by atoms with Crippen molar-refractivity contribution in [2.24, 2.45) is 0 Å². The van der Waals surface area contributed by atoms with Crippen LogP contribution in [0.1, 0.15) is 12.8 Å². The molecule has 2 saturated heterocycles. The first-order chi connectivity index (χ1) is 16.5. The Morgan fingerprint density at radius 2 is 1.88 bits per heavy atom. The van der Waals surface area contributed by atoms with Gasteiger partial charge in [0.2, 0.25) is 5.88 Å². The summed E-state index contributed by atoms with van der Waals surface area (Å²) in [6, 6.07) is 3.50. The molecule has 2 aromatic rings. The van der Waals surface area contributed by atoms with Crippen LogP contribution in [0.4, 0.5) is 25.1 Å². The summed E-state index contributed by atoms with van der Waals surface area (Å²) in [7, 11) is 0. The van der Waals surface area contributed by atoms with Crippen LogP contribution in [0, 0.1) is 11.6 Å². The van der Waals surface area contributed by atoms with E-state index in [0.29, 0.717) is 45.7 Å². The minimum absolute atomic E-state index is 0.0996. The number of halogens is 2. The maximum atomic E-state index is 14.6. The summed E-state index contributed by atoms with van der Waals surface area (Å²) < 4.78 is 45.7. The van der Waals surface area contributed by atoms with Crippen LogP contribution < -0.4 is 14.8 Å². The minimum atomic E-state index is -0.949. The summed E-state index contributed by atoms with van der Waals surface area (Å²) in [4.78, 5) is 22.6. The third-order valence-corrected chi connectivity index (χ3v) is 5.69. The molecule has 0 radical (unpaired) electrons. The molecule has 10 nitrogen and oxygen atoms in total.